The number of aromatic nitrogens is 4. The molecule has 0 spiro atoms. The molecule has 3 heterocycles. The van der Waals surface area contributed by atoms with E-state index in [4.69, 9.17) is 16.4 Å². The van der Waals surface area contributed by atoms with E-state index in [-0.39, 0.29) is 0 Å². The highest BCUT2D eigenvalue weighted by Crippen LogP contribution is 2.73. The lowest BCUT2D eigenvalue weighted by atomic mass is 10.1. The molecule has 0 aliphatic heterocycles. The summed E-state index contributed by atoms with van der Waals surface area (Å²) in [5.74, 6) is 4.15. The van der Waals surface area contributed by atoms with Crippen molar-refractivity contribution in [2.24, 2.45) is 0 Å². The van der Waals surface area contributed by atoms with Crippen molar-refractivity contribution in [3.05, 3.63) is 211 Å². The van der Waals surface area contributed by atoms with Gasteiger partial charge in [-0.05, 0) is 84.6 Å². The predicted octanol–water partition coefficient (Wildman–Crippen LogP) is 13.7. The van der Waals surface area contributed by atoms with E-state index in [2.05, 4.69) is 222 Å². The second kappa shape index (κ2) is 14.6. The highest BCUT2D eigenvalue weighted by molar-refractivity contribution is 8.37. The van der Waals surface area contributed by atoms with Gasteiger partial charge in [0.1, 0.15) is 5.82 Å². The molecule has 5 heteroatoms. The maximum atomic E-state index is 5.87. The minimum absolute atomic E-state index is 0.605. The summed E-state index contributed by atoms with van der Waals surface area (Å²) in [5.41, 5.74) is 6.09. The third-order valence-electron chi connectivity index (χ3n) is 10.9. The van der Waals surface area contributed by atoms with Gasteiger partial charge in [-0.1, -0.05) is 133 Å². The van der Waals surface area contributed by atoms with Crippen LogP contribution in [-0.2, 0) is 0 Å². The van der Waals surface area contributed by atoms with Gasteiger partial charge in [0.25, 0.3) is 0 Å². The summed E-state index contributed by atoms with van der Waals surface area (Å²) in [4.78, 5) is 15.7. The van der Waals surface area contributed by atoms with Gasteiger partial charge in [-0.3, -0.25) is 9.13 Å². The molecule has 7 aromatic carbocycles. The number of rotatable bonds is 8. The normalized spacial score (nSPS) is 12.5. The molecule has 0 fully saturated rings. The Bertz CT molecular complexity index is 2980. The van der Waals surface area contributed by atoms with Gasteiger partial charge in [0.15, 0.2) is 0 Å². The molecule has 58 heavy (non-hydrogen) atoms. The Morgan fingerprint density at radius 1 is 0.517 bits per heavy atom. The zero-order chi connectivity index (χ0) is 39.1. The number of hydrogen-bond acceptors (Lipinski definition) is 2. The van der Waals surface area contributed by atoms with E-state index in [1.807, 2.05) is 6.08 Å². The first-order chi connectivity index (χ1) is 28.7. The molecule has 0 saturated carbocycles. The Balaban J connectivity index is 1.29. The van der Waals surface area contributed by atoms with Crippen LogP contribution in [0.15, 0.2) is 226 Å². The maximum Gasteiger partial charge on any atom is 0.237 e. The van der Waals surface area contributed by atoms with Gasteiger partial charge >= 0.3 is 0 Å². The van der Waals surface area contributed by atoms with E-state index in [1.165, 1.54) is 25.5 Å². The van der Waals surface area contributed by atoms with Crippen molar-refractivity contribution in [1.29, 1.82) is 0 Å². The van der Waals surface area contributed by atoms with Crippen molar-refractivity contribution >= 4 is 53.6 Å². The molecule has 0 saturated heterocycles. The Labute approximate surface area is 339 Å². The van der Waals surface area contributed by atoms with Crippen molar-refractivity contribution in [3.63, 3.8) is 0 Å². The highest BCUT2D eigenvalue weighted by atomic mass is 32.3. The summed E-state index contributed by atoms with van der Waals surface area (Å²) >= 11 is 0. The lowest BCUT2D eigenvalue weighted by Crippen LogP contribution is -2.08. The van der Waals surface area contributed by atoms with E-state index in [0.29, 0.717) is 5.95 Å². The van der Waals surface area contributed by atoms with Gasteiger partial charge in [-0.2, -0.15) is 4.98 Å². The third kappa shape index (κ3) is 5.57. The molecule has 276 valence electrons. The first-order valence-electron chi connectivity index (χ1n) is 19.4. The third-order valence-corrected chi connectivity index (χ3v) is 14.9. The molecule has 10 aromatic rings. The number of allylic oxidation sites excluding steroid dienone is 3. The molecule has 0 atom stereocenters. The topological polar surface area (TPSA) is 35.6 Å². The number of fused-ring (bicyclic) bond motifs is 6. The standard InChI is InChI=1S/C53H38N4S/c1-3-5-22-39(4-2)58(40-23-8-6-9-24-40,41-25-10-7-11-26-41)42-27-20-21-38(36-42)47-37-52(56-48-32-16-12-28-43(48)44-29-13-17-33-49(44)56)55-53(54-47)57-50-34-18-14-30-45(50)46-31-15-19-35-51(46)57/h1,4-37H,2H3/b22-5-,39-4+. The van der Waals surface area contributed by atoms with Crippen LogP contribution in [0.2, 0.25) is 0 Å². The summed E-state index contributed by atoms with van der Waals surface area (Å²) in [5, 5.41) is 4.67. The van der Waals surface area contributed by atoms with Crippen LogP contribution in [0.4, 0.5) is 0 Å². The molecule has 0 aliphatic carbocycles. The molecular weight excluding hydrogens is 725 g/mol. The smallest absolute Gasteiger partial charge is 0.237 e. The van der Waals surface area contributed by atoms with Gasteiger partial charge in [0, 0.05) is 47.9 Å². The summed E-state index contributed by atoms with van der Waals surface area (Å²) in [6.07, 6.45) is 12.0. The molecule has 0 aliphatic rings. The van der Waals surface area contributed by atoms with Crippen LogP contribution in [0.25, 0.3) is 66.6 Å². The molecule has 0 unspecified atom stereocenters. The van der Waals surface area contributed by atoms with Crippen molar-refractivity contribution in [2.75, 3.05) is 0 Å². The van der Waals surface area contributed by atoms with Crippen LogP contribution in [0.1, 0.15) is 6.92 Å². The molecule has 4 nitrogen and oxygen atoms in total. The fourth-order valence-electron chi connectivity index (χ4n) is 8.51. The predicted molar refractivity (Wildman–Crippen MR) is 243 cm³/mol. The quantitative estimate of drug-likeness (QED) is 0.114. The number of para-hydroxylation sites is 4. The molecule has 10 rings (SSSR count). The van der Waals surface area contributed by atoms with Crippen LogP contribution in [0.3, 0.4) is 0 Å². The lowest BCUT2D eigenvalue weighted by molar-refractivity contribution is 0.952. The molecule has 0 bridgehead atoms. The van der Waals surface area contributed by atoms with Crippen LogP contribution in [0.5, 0.6) is 0 Å². The van der Waals surface area contributed by atoms with E-state index in [1.54, 1.807) is 0 Å². The number of nitrogens with zero attached hydrogens (tertiary/aromatic N) is 4. The summed E-state index contributed by atoms with van der Waals surface area (Å²) in [6.45, 7) is 2.11. The van der Waals surface area contributed by atoms with Gasteiger partial charge in [-0.15, -0.1) is 16.5 Å². The summed E-state index contributed by atoms with van der Waals surface area (Å²) < 4.78 is 4.49. The highest BCUT2D eigenvalue weighted by Gasteiger charge is 2.34. The minimum Gasteiger partial charge on any atom is -0.294 e. The monoisotopic (exact) mass is 762 g/mol. The molecule has 0 radical (unpaired) electrons. The fourth-order valence-corrected chi connectivity index (χ4v) is 12.5. The summed E-state index contributed by atoms with van der Waals surface area (Å²) in [6, 6.07) is 66.9. The molecular formula is C53H38N4S. The maximum absolute atomic E-state index is 5.87. The first-order valence-corrected chi connectivity index (χ1v) is 21.0. The van der Waals surface area contributed by atoms with Crippen molar-refractivity contribution in [2.45, 2.75) is 21.6 Å². The molecule has 0 N–H and O–H groups in total. The Kier molecular flexibility index (Phi) is 8.82. The van der Waals surface area contributed by atoms with E-state index < -0.39 is 10.0 Å². The second-order valence-electron chi connectivity index (χ2n) is 14.1. The summed E-state index contributed by atoms with van der Waals surface area (Å²) in [7, 11) is -2.02. The zero-order valence-electron chi connectivity index (χ0n) is 31.9. The number of terminal acetylenes is 1. The first kappa shape index (κ1) is 35.1. The van der Waals surface area contributed by atoms with Crippen LogP contribution < -0.4 is 0 Å². The van der Waals surface area contributed by atoms with Gasteiger partial charge in [0.05, 0.1) is 27.8 Å². The average molecular weight is 763 g/mol. The molecule has 3 aromatic heterocycles. The largest absolute Gasteiger partial charge is 0.294 e. The second-order valence-corrected chi connectivity index (χ2v) is 17.2. The average Bonchev–Trinajstić information content (AvgIpc) is 3.82. The lowest BCUT2D eigenvalue weighted by Gasteiger charge is -2.43. The van der Waals surface area contributed by atoms with Gasteiger partial charge in [0.2, 0.25) is 5.95 Å². The number of benzene rings is 7. The SMILES string of the molecule is C#C/C=C\C(=C/C)S(c1ccccc1)(c1ccccc1)c1cccc(-c2cc(-n3c4ccccc4c4ccccc43)nc(-n3c4ccccc4c4ccccc43)n2)c1. The zero-order valence-corrected chi connectivity index (χ0v) is 32.7. The van der Waals surface area contributed by atoms with Gasteiger partial charge in [-0.25, -0.2) is 4.98 Å². The Hall–Kier alpha value is -7.39. The van der Waals surface area contributed by atoms with Gasteiger partial charge < -0.3 is 0 Å². The van der Waals surface area contributed by atoms with E-state index >= 15 is 0 Å². The van der Waals surface area contributed by atoms with Crippen LogP contribution in [0, 0.1) is 12.3 Å². The van der Waals surface area contributed by atoms with Crippen molar-refractivity contribution < 1.29 is 0 Å². The van der Waals surface area contributed by atoms with Crippen molar-refractivity contribution in [1.82, 2.24) is 19.1 Å². The van der Waals surface area contributed by atoms with Crippen LogP contribution in [-0.4, -0.2) is 19.1 Å². The fraction of sp³-hybridized carbons (Fsp3) is 0.0189. The van der Waals surface area contributed by atoms with Crippen molar-refractivity contribution in [3.8, 4) is 35.4 Å². The minimum atomic E-state index is -2.02. The molecule has 0 amide bonds. The number of hydrogen-bond donors (Lipinski definition) is 0. The Morgan fingerprint density at radius 2 is 0.983 bits per heavy atom. The Morgan fingerprint density at radius 3 is 1.48 bits per heavy atom. The van der Waals surface area contributed by atoms with E-state index in [0.717, 1.165) is 54.8 Å². The van der Waals surface area contributed by atoms with Crippen LogP contribution >= 0.6 is 10.0 Å². The van der Waals surface area contributed by atoms with E-state index in [9.17, 15) is 0 Å².